The number of rotatable bonds is 3. The molecule has 2 rings (SSSR count). The summed E-state index contributed by atoms with van der Waals surface area (Å²) >= 11 is 0. The summed E-state index contributed by atoms with van der Waals surface area (Å²) in [6.45, 7) is 0. The number of amides is 1. The molecular weight excluding hydrogens is 235 g/mol. The zero-order valence-corrected chi connectivity index (χ0v) is 9.26. The van der Waals surface area contributed by atoms with Crippen molar-refractivity contribution in [1.29, 1.82) is 5.26 Å². The van der Waals surface area contributed by atoms with E-state index in [0.717, 1.165) is 0 Å². The van der Waals surface area contributed by atoms with Crippen LogP contribution in [0, 0.1) is 17.1 Å². The summed E-state index contributed by atoms with van der Waals surface area (Å²) < 4.78 is 17.7. The van der Waals surface area contributed by atoms with Crippen molar-refractivity contribution in [3.63, 3.8) is 0 Å². The number of hydrogen-bond donors (Lipinski definition) is 1. The number of furan rings is 1. The Kier molecular flexibility index (Phi) is 3.39. The Hall–Kier alpha value is -2.61. The highest BCUT2D eigenvalue weighted by Crippen LogP contribution is 2.13. The van der Waals surface area contributed by atoms with Gasteiger partial charge >= 0.3 is 0 Å². The van der Waals surface area contributed by atoms with Gasteiger partial charge in [-0.1, -0.05) is 0 Å². The smallest absolute Gasteiger partial charge is 0.252 e. The Bertz CT molecular complexity index is 570. The lowest BCUT2D eigenvalue weighted by Gasteiger charge is -2.08. The van der Waals surface area contributed by atoms with E-state index in [-0.39, 0.29) is 5.56 Å². The molecule has 0 aliphatic rings. The van der Waals surface area contributed by atoms with Crippen molar-refractivity contribution in [1.82, 2.24) is 5.32 Å². The van der Waals surface area contributed by atoms with Gasteiger partial charge in [-0.3, -0.25) is 4.79 Å². The van der Waals surface area contributed by atoms with E-state index in [2.05, 4.69) is 5.32 Å². The summed E-state index contributed by atoms with van der Waals surface area (Å²) in [6, 6.07) is 9.34. The number of benzene rings is 1. The molecule has 1 amide bonds. The predicted octanol–water partition coefficient (Wildman–Crippen LogP) is 2.41. The van der Waals surface area contributed by atoms with Crippen molar-refractivity contribution in [3.05, 3.63) is 59.8 Å². The highest BCUT2D eigenvalue weighted by atomic mass is 19.1. The van der Waals surface area contributed by atoms with Crippen molar-refractivity contribution in [2.75, 3.05) is 0 Å². The Labute approximate surface area is 103 Å². The topological polar surface area (TPSA) is 66.0 Å². The second kappa shape index (κ2) is 5.15. The average Bonchev–Trinajstić information content (AvgIpc) is 2.90. The van der Waals surface area contributed by atoms with Gasteiger partial charge in [0.05, 0.1) is 12.3 Å². The lowest BCUT2D eigenvalue weighted by Crippen LogP contribution is -2.27. The van der Waals surface area contributed by atoms with Crippen LogP contribution >= 0.6 is 0 Å². The van der Waals surface area contributed by atoms with Crippen molar-refractivity contribution in [2.24, 2.45) is 0 Å². The van der Waals surface area contributed by atoms with Gasteiger partial charge < -0.3 is 9.73 Å². The minimum Gasteiger partial charge on any atom is -0.466 e. The van der Waals surface area contributed by atoms with Crippen LogP contribution < -0.4 is 5.32 Å². The molecule has 1 heterocycles. The van der Waals surface area contributed by atoms with E-state index in [9.17, 15) is 9.18 Å². The highest BCUT2D eigenvalue weighted by Gasteiger charge is 2.17. The van der Waals surface area contributed by atoms with Crippen LogP contribution in [-0.4, -0.2) is 5.91 Å². The molecule has 0 fully saturated rings. The first kappa shape index (κ1) is 11.9. The standard InChI is InChI=1S/C13H9FN2O2/c14-10-5-3-9(4-6-10)13(17)16-11(8-15)12-2-1-7-18-12/h1-7,11H,(H,16,17). The van der Waals surface area contributed by atoms with Gasteiger partial charge in [-0.05, 0) is 36.4 Å². The Morgan fingerprint density at radius 3 is 2.61 bits per heavy atom. The molecule has 90 valence electrons. The van der Waals surface area contributed by atoms with Crippen molar-refractivity contribution < 1.29 is 13.6 Å². The molecule has 2 aromatic rings. The monoisotopic (exact) mass is 244 g/mol. The van der Waals surface area contributed by atoms with Gasteiger partial charge in [0.1, 0.15) is 11.6 Å². The largest absolute Gasteiger partial charge is 0.466 e. The number of carbonyl (C=O) groups is 1. The second-order valence-corrected chi connectivity index (χ2v) is 3.56. The van der Waals surface area contributed by atoms with Crippen LogP contribution in [-0.2, 0) is 0 Å². The third kappa shape index (κ3) is 2.55. The Balaban J connectivity index is 2.11. The molecule has 0 spiro atoms. The number of nitrogens with zero attached hydrogens (tertiary/aromatic N) is 1. The number of nitriles is 1. The van der Waals surface area contributed by atoms with Gasteiger partial charge in [-0.15, -0.1) is 0 Å². The molecule has 1 aromatic heterocycles. The SMILES string of the molecule is N#CC(NC(=O)c1ccc(F)cc1)c1ccco1. The van der Waals surface area contributed by atoms with Gasteiger partial charge in [0, 0.05) is 5.56 Å². The maximum absolute atomic E-state index is 12.7. The Morgan fingerprint density at radius 2 is 2.06 bits per heavy atom. The van der Waals surface area contributed by atoms with Gasteiger partial charge in [0.25, 0.3) is 5.91 Å². The number of halogens is 1. The molecule has 4 nitrogen and oxygen atoms in total. The van der Waals surface area contributed by atoms with Gasteiger partial charge in [-0.2, -0.15) is 5.26 Å². The summed E-state index contributed by atoms with van der Waals surface area (Å²) in [5, 5.41) is 11.4. The summed E-state index contributed by atoms with van der Waals surface area (Å²) in [4.78, 5) is 11.8. The van der Waals surface area contributed by atoms with Crippen LogP contribution in [0.3, 0.4) is 0 Å². The third-order valence-corrected chi connectivity index (χ3v) is 2.34. The van der Waals surface area contributed by atoms with Crippen LogP contribution in [0.25, 0.3) is 0 Å². The summed E-state index contributed by atoms with van der Waals surface area (Å²) in [5.41, 5.74) is 0.281. The zero-order chi connectivity index (χ0) is 13.0. The van der Waals surface area contributed by atoms with Crippen LogP contribution in [0.5, 0.6) is 0 Å². The first-order chi connectivity index (χ1) is 8.70. The van der Waals surface area contributed by atoms with E-state index in [1.807, 2.05) is 6.07 Å². The van der Waals surface area contributed by atoms with Gasteiger partial charge in [0.15, 0.2) is 6.04 Å². The van der Waals surface area contributed by atoms with E-state index < -0.39 is 17.8 Å². The molecule has 1 N–H and O–H groups in total. The normalized spacial score (nSPS) is 11.6. The molecule has 1 atom stereocenters. The fourth-order valence-electron chi connectivity index (χ4n) is 1.44. The number of carbonyl (C=O) groups excluding carboxylic acids is 1. The molecule has 0 saturated carbocycles. The average molecular weight is 244 g/mol. The van der Waals surface area contributed by atoms with Gasteiger partial charge in [-0.25, -0.2) is 4.39 Å². The van der Waals surface area contributed by atoms with E-state index >= 15 is 0 Å². The predicted molar refractivity (Wildman–Crippen MR) is 60.9 cm³/mol. The van der Waals surface area contributed by atoms with E-state index in [0.29, 0.717) is 5.76 Å². The van der Waals surface area contributed by atoms with Crippen LogP contribution in [0.4, 0.5) is 4.39 Å². The second-order valence-electron chi connectivity index (χ2n) is 3.56. The summed E-state index contributed by atoms with van der Waals surface area (Å²) in [7, 11) is 0. The molecule has 0 aliphatic heterocycles. The van der Waals surface area contributed by atoms with Gasteiger partial charge in [0.2, 0.25) is 0 Å². The van der Waals surface area contributed by atoms with Crippen molar-refractivity contribution >= 4 is 5.91 Å². The van der Waals surface area contributed by atoms with Crippen LogP contribution in [0.15, 0.2) is 47.1 Å². The summed E-state index contributed by atoms with van der Waals surface area (Å²) in [6.07, 6.45) is 1.42. The minimum atomic E-state index is -0.863. The molecule has 0 bridgehead atoms. The lowest BCUT2D eigenvalue weighted by molar-refractivity contribution is 0.0941. The van der Waals surface area contributed by atoms with Crippen molar-refractivity contribution in [3.8, 4) is 6.07 Å². The molecule has 0 radical (unpaired) electrons. The van der Waals surface area contributed by atoms with E-state index in [1.54, 1.807) is 12.1 Å². The van der Waals surface area contributed by atoms with E-state index in [1.165, 1.54) is 30.5 Å². The quantitative estimate of drug-likeness (QED) is 0.901. The third-order valence-electron chi connectivity index (χ3n) is 2.34. The molecule has 1 unspecified atom stereocenters. The first-order valence-corrected chi connectivity index (χ1v) is 5.20. The summed E-state index contributed by atoms with van der Waals surface area (Å²) in [5.74, 6) is -0.527. The first-order valence-electron chi connectivity index (χ1n) is 5.20. The highest BCUT2D eigenvalue weighted by molar-refractivity contribution is 5.94. The maximum atomic E-state index is 12.7. The van der Waals surface area contributed by atoms with E-state index in [4.69, 9.17) is 9.68 Å². The molecule has 5 heteroatoms. The maximum Gasteiger partial charge on any atom is 0.252 e. The van der Waals surface area contributed by atoms with Crippen molar-refractivity contribution in [2.45, 2.75) is 6.04 Å². The fraction of sp³-hybridized carbons (Fsp3) is 0.0769. The minimum absolute atomic E-state index is 0.281. The molecule has 0 aliphatic carbocycles. The lowest BCUT2D eigenvalue weighted by atomic mass is 10.2. The zero-order valence-electron chi connectivity index (χ0n) is 9.26. The number of nitrogens with one attached hydrogen (secondary N) is 1. The fourth-order valence-corrected chi connectivity index (χ4v) is 1.44. The molecule has 0 saturated heterocycles. The Morgan fingerprint density at radius 1 is 1.33 bits per heavy atom. The molecule has 1 aromatic carbocycles. The number of hydrogen-bond acceptors (Lipinski definition) is 3. The van der Waals surface area contributed by atoms with Crippen LogP contribution in [0.2, 0.25) is 0 Å². The molecule has 18 heavy (non-hydrogen) atoms. The molecular formula is C13H9FN2O2. The van der Waals surface area contributed by atoms with Crippen LogP contribution in [0.1, 0.15) is 22.2 Å².